The summed E-state index contributed by atoms with van der Waals surface area (Å²) >= 11 is 0. The van der Waals surface area contributed by atoms with Gasteiger partial charge in [0.25, 0.3) is 0 Å². The van der Waals surface area contributed by atoms with E-state index in [-0.39, 0.29) is 0 Å². The van der Waals surface area contributed by atoms with Crippen molar-refractivity contribution in [1.29, 1.82) is 0 Å². The Bertz CT molecular complexity index is 550. The number of hydrogen-bond acceptors (Lipinski definition) is 1. The molecule has 0 aromatic rings. The Labute approximate surface area is 116 Å². The van der Waals surface area contributed by atoms with Gasteiger partial charge in [0.1, 0.15) is 0 Å². The molecule has 0 bridgehead atoms. The third kappa shape index (κ3) is 2.14. The lowest BCUT2D eigenvalue weighted by Gasteiger charge is -2.32. The van der Waals surface area contributed by atoms with Crippen molar-refractivity contribution < 1.29 is 0 Å². The molecule has 0 aromatic heterocycles. The topological polar surface area (TPSA) is 3.24 Å². The summed E-state index contributed by atoms with van der Waals surface area (Å²) in [6.07, 6.45) is 14.6. The molecule has 0 aromatic carbocycles. The van der Waals surface area contributed by atoms with Crippen molar-refractivity contribution in [3.05, 3.63) is 71.7 Å². The molecule has 1 fully saturated rings. The van der Waals surface area contributed by atoms with Gasteiger partial charge in [0, 0.05) is 17.9 Å². The SMILES string of the molecule is C=CC1=CCC2=C(C=C1)N(CC)C(=C)C=C2C1CC1. The minimum atomic E-state index is 0.771. The summed E-state index contributed by atoms with van der Waals surface area (Å²) in [5, 5.41) is 0. The van der Waals surface area contributed by atoms with Crippen LogP contribution in [0.2, 0.25) is 0 Å². The summed E-state index contributed by atoms with van der Waals surface area (Å²) < 4.78 is 0. The van der Waals surface area contributed by atoms with Crippen LogP contribution in [0.3, 0.4) is 0 Å². The van der Waals surface area contributed by atoms with Crippen LogP contribution in [0.25, 0.3) is 0 Å². The Balaban J connectivity index is 2.06. The predicted molar refractivity (Wildman–Crippen MR) is 81.4 cm³/mol. The number of rotatable bonds is 3. The van der Waals surface area contributed by atoms with E-state index >= 15 is 0 Å². The summed E-state index contributed by atoms with van der Waals surface area (Å²) in [5.41, 5.74) is 6.70. The maximum absolute atomic E-state index is 4.23. The summed E-state index contributed by atoms with van der Waals surface area (Å²) in [7, 11) is 0. The fourth-order valence-electron chi connectivity index (χ4n) is 2.97. The van der Waals surface area contributed by atoms with E-state index in [1.165, 1.54) is 35.3 Å². The van der Waals surface area contributed by atoms with Crippen LogP contribution in [-0.2, 0) is 0 Å². The second kappa shape index (κ2) is 4.73. The van der Waals surface area contributed by atoms with Gasteiger partial charge >= 0.3 is 0 Å². The first-order valence-electron chi connectivity index (χ1n) is 7.16. The predicted octanol–water partition coefficient (Wildman–Crippen LogP) is 4.50. The number of hydrogen-bond donors (Lipinski definition) is 0. The van der Waals surface area contributed by atoms with Crippen molar-refractivity contribution in [2.24, 2.45) is 5.92 Å². The van der Waals surface area contributed by atoms with Crippen LogP contribution in [0.15, 0.2) is 71.7 Å². The van der Waals surface area contributed by atoms with Crippen molar-refractivity contribution in [2.45, 2.75) is 26.2 Å². The first kappa shape index (κ1) is 12.3. The second-order valence-electron chi connectivity index (χ2n) is 5.42. The van der Waals surface area contributed by atoms with Crippen LogP contribution in [0, 0.1) is 5.92 Å². The molecular formula is C18H21N. The van der Waals surface area contributed by atoms with Crippen LogP contribution in [-0.4, -0.2) is 11.4 Å². The van der Waals surface area contributed by atoms with Crippen LogP contribution < -0.4 is 0 Å². The maximum atomic E-state index is 4.23. The number of likely N-dealkylation sites (N-methyl/N-ethyl adjacent to an activating group) is 1. The van der Waals surface area contributed by atoms with E-state index in [9.17, 15) is 0 Å². The molecule has 2 aliphatic carbocycles. The van der Waals surface area contributed by atoms with E-state index in [2.05, 4.69) is 49.3 Å². The summed E-state index contributed by atoms with van der Waals surface area (Å²) in [6.45, 7) is 11.3. The molecule has 0 N–H and O–H groups in total. The van der Waals surface area contributed by atoms with Gasteiger partial charge < -0.3 is 4.90 Å². The normalized spacial score (nSPS) is 22.8. The molecule has 1 heteroatoms. The van der Waals surface area contributed by atoms with Crippen molar-refractivity contribution in [1.82, 2.24) is 4.90 Å². The highest BCUT2D eigenvalue weighted by atomic mass is 15.1. The van der Waals surface area contributed by atoms with Gasteiger partial charge in [-0.1, -0.05) is 31.4 Å². The molecule has 1 saturated carbocycles. The van der Waals surface area contributed by atoms with Crippen LogP contribution in [0.4, 0.5) is 0 Å². The molecule has 0 unspecified atom stereocenters. The Morgan fingerprint density at radius 2 is 2.16 bits per heavy atom. The zero-order valence-electron chi connectivity index (χ0n) is 11.7. The second-order valence-corrected chi connectivity index (χ2v) is 5.42. The van der Waals surface area contributed by atoms with Crippen molar-refractivity contribution in [3.8, 4) is 0 Å². The zero-order chi connectivity index (χ0) is 13.4. The molecule has 1 heterocycles. The fourth-order valence-corrected chi connectivity index (χ4v) is 2.97. The maximum Gasteiger partial charge on any atom is 0.0449 e. The van der Waals surface area contributed by atoms with Crippen molar-refractivity contribution in [2.75, 3.05) is 6.54 Å². The van der Waals surface area contributed by atoms with Crippen LogP contribution >= 0.6 is 0 Å². The first-order chi connectivity index (χ1) is 9.24. The van der Waals surface area contributed by atoms with Gasteiger partial charge in [0.15, 0.2) is 0 Å². The minimum absolute atomic E-state index is 0.771. The fraction of sp³-hybridized carbons (Fsp3) is 0.333. The van der Waals surface area contributed by atoms with Crippen LogP contribution in [0.1, 0.15) is 26.2 Å². The quantitative estimate of drug-likeness (QED) is 0.714. The zero-order valence-corrected chi connectivity index (χ0v) is 11.7. The molecule has 1 aliphatic heterocycles. The smallest absolute Gasteiger partial charge is 0.0449 e. The highest BCUT2D eigenvalue weighted by Gasteiger charge is 2.32. The lowest BCUT2D eigenvalue weighted by atomic mass is 9.92. The summed E-state index contributed by atoms with van der Waals surface area (Å²) in [6, 6.07) is 0. The average molecular weight is 251 g/mol. The van der Waals surface area contributed by atoms with Crippen molar-refractivity contribution in [3.63, 3.8) is 0 Å². The molecule has 98 valence electrons. The molecule has 0 radical (unpaired) electrons. The summed E-state index contributed by atoms with van der Waals surface area (Å²) in [5.74, 6) is 0.771. The molecule has 3 aliphatic rings. The molecule has 19 heavy (non-hydrogen) atoms. The lowest BCUT2D eigenvalue weighted by Crippen LogP contribution is -2.25. The van der Waals surface area contributed by atoms with E-state index in [1.54, 1.807) is 0 Å². The third-order valence-corrected chi connectivity index (χ3v) is 4.16. The molecule has 0 spiro atoms. The molecule has 0 amide bonds. The van der Waals surface area contributed by atoms with Gasteiger partial charge in [-0.15, -0.1) is 0 Å². The van der Waals surface area contributed by atoms with E-state index in [4.69, 9.17) is 0 Å². The Kier molecular flexibility index (Phi) is 3.06. The molecular weight excluding hydrogens is 230 g/mol. The minimum Gasteiger partial charge on any atom is -0.342 e. The number of allylic oxidation sites excluding steroid dienone is 8. The van der Waals surface area contributed by atoms with Gasteiger partial charge in [-0.05, 0) is 61.0 Å². The first-order valence-corrected chi connectivity index (χ1v) is 7.16. The molecule has 0 saturated heterocycles. The van der Waals surface area contributed by atoms with Gasteiger partial charge in [0.05, 0.1) is 0 Å². The molecule has 3 rings (SSSR count). The Morgan fingerprint density at radius 3 is 2.79 bits per heavy atom. The van der Waals surface area contributed by atoms with E-state index < -0.39 is 0 Å². The van der Waals surface area contributed by atoms with Crippen LogP contribution in [0.5, 0.6) is 0 Å². The molecule has 0 atom stereocenters. The van der Waals surface area contributed by atoms with E-state index in [1.807, 2.05) is 6.08 Å². The van der Waals surface area contributed by atoms with Gasteiger partial charge in [-0.25, -0.2) is 0 Å². The van der Waals surface area contributed by atoms with Crippen molar-refractivity contribution >= 4 is 0 Å². The van der Waals surface area contributed by atoms with E-state index in [0.29, 0.717) is 0 Å². The lowest BCUT2D eigenvalue weighted by molar-refractivity contribution is 0.466. The standard InChI is InChI=1S/C18H21N/c1-4-14-6-10-16-17(15-8-9-15)12-13(3)19(5-2)18(16)11-7-14/h4,6-7,11-12,15H,1,3,5,8-10H2,2H3. The average Bonchev–Trinajstić information content (AvgIpc) is 3.24. The van der Waals surface area contributed by atoms with Gasteiger partial charge in [0.2, 0.25) is 0 Å². The highest BCUT2D eigenvalue weighted by Crippen LogP contribution is 2.46. The Morgan fingerprint density at radius 1 is 1.37 bits per heavy atom. The third-order valence-electron chi connectivity index (χ3n) is 4.16. The monoisotopic (exact) mass is 251 g/mol. The summed E-state index contributed by atoms with van der Waals surface area (Å²) in [4.78, 5) is 2.32. The largest absolute Gasteiger partial charge is 0.342 e. The van der Waals surface area contributed by atoms with Gasteiger partial charge in [-0.2, -0.15) is 0 Å². The van der Waals surface area contributed by atoms with E-state index in [0.717, 1.165) is 24.6 Å². The number of nitrogens with zero attached hydrogens (tertiary/aromatic N) is 1. The highest BCUT2D eigenvalue weighted by molar-refractivity contribution is 5.54. The molecule has 1 nitrogen and oxygen atoms in total. The Hall–Kier alpha value is -1.76. The van der Waals surface area contributed by atoms with Gasteiger partial charge in [-0.3, -0.25) is 0 Å².